The minimum Gasteiger partial charge on any atom is -0.248 e. The second-order valence-electron chi connectivity index (χ2n) is 3.76. The third kappa shape index (κ3) is 2.45. The number of benzene rings is 2. The minimum absolute atomic E-state index is 0. The fourth-order valence-corrected chi connectivity index (χ4v) is 1.84. The molecule has 17 heavy (non-hydrogen) atoms. The van der Waals surface area contributed by atoms with E-state index in [1.165, 1.54) is 5.39 Å². The molecule has 0 bridgehead atoms. The normalized spacial score (nSPS) is 9.88. The zero-order chi connectivity index (χ0) is 10.8. The second kappa shape index (κ2) is 5.25. The van der Waals surface area contributed by atoms with E-state index in [4.69, 9.17) is 0 Å². The average molecular weight is 400 g/mol. The number of hydrogen-bond donors (Lipinski definition) is 0. The topological polar surface area (TPSA) is 12.9 Å². The van der Waals surface area contributed by atoms with Crippen molar-refractivity contribution < 1.29 is 21.1 Å². The molecule has 2 aromatic carbocycles. The Morgan fingerprint density at radius 3 is 2.18 bits per heavy atom. The van der Waals surface area contributed by atoms with Crippen LogP contribution in [0.15, 0.2) is 66.7 Å². The van der Waals surface area contributed by atoms with Crippen molar-refractivity contribution in [2.75, 3.05) is 0 Å². The molecule has 1 heterocycles. The maximum Gasteiger partial charge on any atom is 0.0709 e. The van der Waals surface area contributed by atoms with Crippen molar-refractivity contribution in [3.05, 3.63) is 66.7 Å². The summed E-state index contributed by atoms with van der Waals surface area (Å²) in [6.45, 7) is 0. The molecule has 0 fully saturated rings. The SMILES string of the molecule is [Pt].c1ccc(-c2ccc3ccccc3n2)cc1. The first-order chi connectivity index (χ1) is 7.93. The summed E-state index contributed by atoms with van der Waals surface area (Å²) in [7, 11) is 0. The molecule has 86 valence electrons. The zero-order valence-electron chi connectivity index (χ0n) is 9.11. The van der Waals surface area contributed by atoms with Crippen molar-refractivity contribution in [1.29, 1.82) is 0 Å². The van der Waals surface area contributed by atoms with Gasteiger partial charge in [0, 0.05) is 32.0 Å². The van der Waals surface area contributed by atoms with E-state index in [0.717, 1.165) is 16.8 Å². The molecule has 0 saturated carbocycles. The van der Waals surface area contributed by atoms with Gasteiger partial charge in [-0.15, -0.1) is 0 Å². The summed E-state index contributed by atoms with van der Waals surface area (Å²) in [5.41, 5.74) is 3.23. The summed E-state index contributed by atoms with van der Waals surface area (Å²) >= 11 is 0. The van der Waals surface area contributed by atoms with E-state index in [9.17, 15) is 0 Å². The fourth-order valence-electron chi connectivity index (χ4n) is 1.84. The van der Waals surface area contributed by atoms with Crippen LogP contribution in [0.2, 0.25) is 0 Å². The Balaban J connectivity index is 0.00000108. The molecule has 0 unspecified atom stereocenters. The first-order valence-electron chi connectivity index (χ1n) is 5.35. The molecule has 0 aliphatic heterocycles. The number of para-hydroxylation sites is 1. The molecule has 0 aliphatic rings. The van der Waals surface area contributed by atoms with Crippen molar-refractivity contribution in [3.63, 3.8) is 0 Å². The molecule has 3 rings (SSSR count). The van der Waals surface area contributed by atoms with Gasteiger partial charge in [0.2, 0.25) is 0 Å². The Labute approximate surface area is 115 Å². The van der Waals surface area contributed by atoms with Gasteiger partial charge in [-0.25, -0.2) is 4.98 Å². The smallest absolute Gasteiger partial charge is 0.0709 e. The van der Waals surface area contributed by atoms with Gasteiger partial charge in [0.25, 0.3) is 0 Å². The quantitative estimate of drug-likeness (QED) is 0.604. The molecule has 2 heteroatoms. The maximum absolute atomic E-state index is 4.65. The predicted octanol–water partition coefficient (Wildman–Crippen LogP) is 3.90. The van der Waals surface area contributed by atoms with E-state index in [0.29, 0.717) is 0 Å². The molecule has 1 aromatic heterocycles. The van der Waals surface area contributed by atoms with Crippen LogP contribution in [0.3, 0.4) is 0 Å². The number of aromatic nitrogens is 1. The molecule has 0 aliphatic carbocycles. The first-order valence-corrected chi connectivity index (χ1v) is 5.35. The molecule has 0 spiro atoms. The van der Waals surface area contributed by atoms with Crippen LogP contribution >= 0.6 is 0 Å². The van der Waals surface area contributed by atoms with Crippen molar-refractivity contribution in [3.8, 4) is 11.3 Å². The Bertz CT molecular complexity index is 620. The van der Waals surface area contributed by atoms with Gasteiger partial charge in [-0.3, -0.25) is 0 Å². The molecular formula is C15H11NPt. The van der Waals surface area contributed by atoms with Gasteiger partial charge in [-0.2, -0.15) is 0 Å². The summed E-state index contributed by atoms with van der Waals surface area (Å²) in [6.07, 6.45) is 0. The molecular weight excluding hydrogens is 389 g/mol. The van der Waals surface area contributed by atoms with Crippen LogP contribution in [0, 0.1) is 0 Å². The third-order valence-corrected chi connectivity index (χ3v) is 2.67. The number of pyridine rings is 1. The van der Waals surface area contributed by atoms with E-state index in [1.54, 1.807) is 0 Å². The van der Waals surface area contributed by atoms with E-state index < -0.39 is 0 Å². The first kappa shape index (κ1) is 12.0. The van der Waals surface area contributed by atoms with Crippen LogP contribution in [-0.4, -0.2) is 4.98 Å². The second-order valence-corrected chi connectivity index (χ2v) is 3.76. The summed E-state index contributed by atoms with van der Waals surface area (Å²) in [5, 5.41) is 1.18. The average Bonchev–Trinajstić information content (AvgIpc) is 2.39. The van der Waals surface area contributed by atoms with Gasteiger partial charge in [-0.1, -0.05) is 54.6 Å². The maximum atomic E-state index is 4.65. The van der Waals surface area contributed by atoms with E-state index >= 15 is 0 Å². The minimum atomic E-state index is 0. The van der Waals surface area contributed by atoms with Crippen LogP contribution in [0.4, 0.5) is 0 Å². The molecule has 1 nitrogen and oxygen atoms in total. The van der Waals surface area contributed by atoms with Crippen LogP contribution in [0.25, 0.3) is 22.2 Å². The van der Waals surface area contributed by atoms with Gasteiger partial charge >= 0.3 is 0 Å². The zero-order valence-corrected chi connectivity index (χ0v) is 11.4. The van der Waals surface area contributed by atoms with Crippen molar-refractivity contribution in [1.82, 2.24) is 4.98 Å². The van der Waals surface area contributed by atoms with Crippen molar-refractivity contribution in [2.45, 2.75) is 0 Å². The third-order valence-electron chi connectivity index (χ3n) is 2.67. The Kier molecular flexibility index (Phi) is 3.71. The van der Waals surface area contributed by atoms with Gasteiger partial charge in [-0.05, 0) is 12.1 Å². The van der Waals surface area contributed by atoms with E-state index in [1.807, 2.05) is 36.4 Å². The van der Waals surface area contributed by atoms with Gasteiger partial charge < -0.3 is 0 Å². The molecule has 0 saturated heterocycles. The summed E-state index contributed by atoms with van der Waals surface area (Å²) < 4.78 is 0. The van der Waals surface area contributed by atoms with Crippen molar-refractivity contribution in [2.24, 2.45) is 0 Å². The van der Waals surface area contributed by atoms with Gasteiger partial charge in [0.05, 0.1) is 11.2 Å². The number of hydrogen-bond acceptors (Lipinski definition) is 1. The Morgan fingerprint density at radius 2 is 1.35 bits per heavy atom. The fraction of sp³-hybridized carbons (Fsp3) is 0. The summed E-state index contributed by atoms with van der Waals surface area (Å²) in [5.74, 6) is 0. The monoisotopic (exact) mass is 400 g/mol. The summed E-state index contributed by atoms with van der Waals surface area (Å²) in [6, 6.07) is 22.6. The summed E-state index contributed by atoms with van der Waals surface area (Å²) in [4.78, 5) is 4.65. The van der Waals surface area contributed by atoms with Gasteiger partial charge in [0.1, 0.15) is 0 Å². The number of nitrogens with zero attached hydrogens (tertiary/aromatic N) is 1. The van der Waals surface area contributed by atoms with Crippen LogP contribution in [0.1, 0.15) is 0 Å². The van der Waals surface area contributed by atoms with Crippen LogP contribution < -0.4 is 0 Å². The van der Waals surface area contributed by atoms with Gasteiger partial charge in [0.15, 0.2) is 0 Å². The molecule has 0 N–H and O–H groups in total. The van der Waals surface area contributed by atoms with Crippen LogP contribution in [0.5, 0.6) is 0 Å². The molecule has 0 amide bonds. The largest absolute Gasteiger partial charge is 0.248 e. The predicted molar refractivity (Wildman–Crippen MR) is 67.2 cm³/mol. The Morgan fingerprint density at radius 1 is 0.647 bits per heavy atom. The number of fused-ring (bicyclic) bond motifs is 1. The Hall–Kier alpha value is -1.46. The number of rotatable bonds is 1. The van der Waals surface area contributed by atoms with Crippen LogP contribution in [-0.2, 0) is 21.1 Å². The molecule has 0 atom stereocenters. The molecule has 0 radical (unpaired) electrons. The van der Waals surface area contributed by atoms with Crippen molar-refractivity contribution >= 4 is 10.9 Å². The van der Waals surface area contributed by atoms with E-state index in [2.05, 4.69) is 35.3 Å². The van der Waals surface area contributed by atoms with E-state index in [-0.39, 0.29) is 21.1 Å². The molecule has 3 aromatic rings. The standard InChI is InChI=1S/C15H11N.Pt/c1-2-6-12(7-3-1)15-11-10-13-8-4-5-9-14(13)16-15;/h1-11H;.